The lowest BCUT2D eigenvalue weighted by molar-refractivity contribution is -0.145. The SMILES string of the molecule is CC(=O)OC1CCN(c2ccc(-n3c(-c4ccc(N)c(F)c4)nc4c(N5CCCCC5)ccnc43)c(F)c2)C1. The number of fused-ring (bicyclic) bond motifs is 1. The predicted octanol–water partition coefficient (Wildman–Crippen LogP) is 5.08. The summed E-state index contributed by atoms with van der Waals surface area (Å²) in [7, 11) is 0. The van der Waals surface area contributed by atoms with Crippen LogP contribution in [0, 0.1) is 11.6 Å². The molecule has 1 atom stereocenters. The molecule has 0 radical (unpaired) electrons. The summed E-state index contributed by atoms with van der Waals surface area (Å²) in [5.41, 5.74) is 9.25. The number of nitrogens with two attached hydrogens (primary N) is 1. The first-order chi connectivity index (χ1) is 18.9. The molecule has 202 valence electrons. The maximum Gasteiger partial charge on any atom is 0.302 e. The van der Waals surface area contributed by atoms with E-state index in [0.717, 1.165) is 31.6 Å². The van der Waals surface area contributed by atoms with Crippen molar-refractivity contribution in [2.45, 2.75) is 38.7 Å². The average Bonchev–Trinajstić information content (AvgIpc) is 3.55. The topological polar surface area (TPSA) is 89.5 Å². The van der Waals surface area contributed by atoms with E-state index in [-0.39, 0.29) is 23.4 Å². The molecule has 1 unspecified atom stereocenters. The first-order valence-electron chi connectivity index (χ1n) is 13.3. The number of rotatable bonds is 5. The highest BCUT2D eigenvalue weighted by atomic mass is 19.1. The van der Waals surface area contributed by atoms with Gasteiger partial charge in [-0.1, -0.05) is 0 Å². The van der Waals surface area contributed by atoms with E-state index < -0.39 is 11.6 Å². The number of pyridine rings is 1. The monoisotopic (exact) mass is 532 g/mol. The molecule has 8 nitrogen and oxygen atoms in total. The molecule has 2 aliphatic rings. The zero-order valence-corrected chi connectivity index (χ0v) is 21.7. The van der Waals surface area contributed by atoms with E-state index in [0.29, 0.717) is 47.7 Å². The quantitative estimate of drug-likeness (QED) is 0.283. The fourth-order valence-electron chi connectivity index (χ4n) is 5.61. The molecule has 39 heavy (non-hydrogen) atoms. The van der Waals surface area contributed by atoms with Gasteiger partial charge in [-0.25, -0.2) is 18.7 Å². The molecule has 6 rings (SSSR count). The Labute approximate surface area is 225 Å². The second-order valence-corrected chi connectivity index (χ2v) is 10.2. The normalized spacial score (nSPS) is 17.7. The van der Waals surface area contributed by atoms with Crippen LogP contribution in [0.4, 0.5) is 25.8 Å². The molecule has 2 fully saturated rings. The van der Waals surface area contributed by atoms with Crippen LogP contribution in [0.25, 0.3) is 28.2 Å². The lowest BCUT2D eigenvalue weighted by Crippen LogP contribution is -2.29. The van der Waals surface area contributed by atoms with Gasteiger partial charge in [0.25, 0.3) is 0 Å². The maximum atomic E-state index is 15.9. The summed E-state index contributed by atoms with van der Waals surface area (Å²) in [5.74, 6) is -0.977. The molecule has 4 heterocycles. The van der Waals surface area contributed by atoms with Crippen molar-refractivity contribution in [1.82, 2.24) is 14.5 Å². The minimum Gasteiger partial charge on any atom is -0.461 e. The Morgan fingerprint density at radius 1 is 0.974 bits per heavy atom. The number of benzene rings is 2. The standard InChI is InChI=1S/C29H30F2N6O2/c1-18(38)39-21-10-14-36(17-21)20-6-8-25(23(31)16-20)37-28(19-5-7-24(32)22(30)15-19)34-27-26(9-11-33-29(27)37)35-12-3-2-4-13-35/h5-9,11,15-16,21H,2-4,10,12-14,17,32H2,1H3. The number of nitrogens with zero attached hydrogens (tertiary/aromatic N) is 5. The smallest absolute Gasteiger partial charge is 0.302 e. The van der Waals surface area contributed by atoms with E-state index >= 15 is 4.39 Å². The van der Waals surface area contributed by atoms with E-state index in [1.165, 1.54) is 31.5 Å². The highest BCUT2D eigenvalue weighted by Crippen LogP contribution is 2.36. The summed E-state index contributed by atoms with van der Waals surface area (Å²) in [6.45, 7) is 4.36. The number of hydrogen-bond acceptors (Lipinski definition) is 7. The molecule has 2 aromatic carbocycles. The zero-order chi connectivity index (χ0) is 27.1. The number of halogens is 2. The van der Waals surface area contributed by atoms with Crippen LogP contribution >= 0.6 is 0 Å². The van der Waals surface area contributed by atoms with E-state index in [9.17, 15) is 9.18 Å². The van der Waals surface area contributed by atoms with Gasteiger partial charge in [0.1, 0.15) is 29.1 Å². The number of aromatic nitrogens is 3. The molecule has 2 aromatic heterocycles. The Kier molecular flexibility index (Phi) is 6.54. The van der Waals surface area contributed by atoms with Crippen LogP contribution in [0.5, 0.6) is 0 Å². The molecule has 0 bridgehead atoms. The van der Waals surface area contributed by atoms with Gasteiger partial charge in [-0.15, -0.1) is 0 Å². The van der Waals surface area contributed by atoms with Gasteiger partial charge in [-0.05, 0) is 61.7 Å². The maximum absolute atomic E-state index is 15.9. The molecule has 2 N–H and O–H groups in total. The van der Waals surface area contributed by atoms with Gasteiger partial charge in [0, 0.05) is 50.4 Å². The van der Waals surface area contributed by atoms with Gasteiger partial charge in [0.05, 0.1) is 23.6 Å². The van der Waals surface area contributed by atoms with E-state index in [4.69, 9.17) is 15.5 Å². The van der Waals surface area contributed by atoms with Gasteiger partial charge < -0.3 is 20.3 Å². The van der Waals surface area contributed by atoms with Crippen LogP contribution in [-0.2, 0) is 9.53 Å². The third kappa shape index (κ3) is 4.75. The molecule has 0 saturated carbocycles. The number of nitrogen functional groups attached to an aromatic ring is 1. The van der Waals surface area contributed by atoms with Crippen molar-refractivity contribution < 1.29 is 18.3 Å². The minimum atomic E-state index is -0.567. The van der Waals surface area contributed by atoms with Crippen LogP contribution in [0.1, 0.15) is 32.6 Å². The third-order valence-electron chi connectivity index (χ3n) is 7.50. The minimum absolute atomic E-state index is 0.0294. The first-order valence-corrected chi connectivity index (χ1v) is 13.3. The first kappa shape index (κ1) is 25.1. The van der Waals surface area contributed by atoms with Crippen LogP contribution < -0.4 is 15.5 Å². The van der Waals surface area contributed by atoms with Crippen molar-refractivity contribution in [3.63, 3.8) is 0 Å². The molecule has 2 saturated heterocycles. The number of carbonyl (C=O) groups excluding carboxylic acids is 1. The largest absolute Gasteiger partial charge is 0.461 e. The Balaban J connectivity index is 1.46. The van der Waals surface area contributed by atoms with E-state index in [1.807, 2.05) is 17.0 Å². The van der Waals surface area contributed by atoms with Gasteiger partial charge in [-0.2, -0.15) is 0 Å². The fourth-order valence-corrected chi connectivity index (χ4v) is 5.61. The number of esters is 1. The Morgan fingerprint density at radius 3 is 2.54 bits per heavy atom. The highest BCUT2D eigenvalue weighted by Gasteiger charge is 2.27. The number of carbonyl (C=O) groups is 1. The fraction of sp³-hybridized carbons (Fsp3) is 0.345. The van der Waals surface area contributed by atoms with Gasteiger partial charge in [0.15, 0.2) is 5.65 Å². The van der Waals surface area contributed by atoms with Crippen molar-refractivity contribution in [3.05, 3.63) is 60.3 Å². The number of anilines is 3. The Bertz CT molecular complexity index is 1550. The highest BCUT2D eigenvalue weighted by molar-refractivity contribution is 5.91. The van der Waals surface area contributed by atoms with Crippen LogP contribution in [0.3, 0.4) is 0 Å². The number of ether oxygens (including phenoxy) is 1. The molecular weight excluding hydrogens is 502 g/mol. The molecule has 10 heteroatoms. The molecule has 4 aromatic rings. The summed E-state index contributed by atoms with van der Waals surface area (Å²) < 4.78 is 37.4. The summed E-state index contributed by atoms with van der Waals surface area (Å²) in [4.78, 5) is 25.1. The van der Waals surface area contributed by atoms with Gasteiger partial charge >= 0.3 is 5.97 Å². The lowest BCUT2D eigenvalue weighted by Gasteiger charge is -2.28. The van der Waals surface area contributed by atoms with Gasteiger partial charge in [-0.3, -0.25) is 9.36 Å². The Hall–Kier alpha value is -4.21. The molecule has 0 amide bonds. The van der Waals surface area contributed by atoms with Crippen molar-refractivity contribution >= 4 is 34.2 Å². The summed E-state index contributed by atoms with van der Waals surface area (Å²) >= 11 is 0. The van der Waals surface area contributed by atoms with Crippen molar-refractivity contribution in [2.75, 3.05) is 41.7 Å². The number of imidazole rings is 1. The van der Waals surface area contributed by atoms with Crippen LogP contribution in [0.15, 0.2) is 48.7 Å². The van der Waals surface area contributed by atoms with Gasteiger partial charge in [0.2, 0.25) is 0 Å². The zero-order valence-electron chi connectivity index (χ0n) is 21.7. The summed E-state index contributed by atoms with van der Waals surface area (Å²) in [6.07, 6.45) is 5.55. The van der Waals surface area contributed by atoms with E-state index in [2.05, 4.69) is 9.88 Å². The predicted molar refractivity (Wildman–Crippen MR) is 147 cm³/mol. The second-order valence-electron chi connectivity index (χ2n) is 10.2. The van der Waals surface area contributed by atoms with Crippen LogP contribution in [-0.4, -0.2) is 52.8 Å². The number of hydrogen-bond donors (Lipinski definition) is 1. The Morgan fingerprint density at radius 2 is 1.79 bits per heavy atom. The third-order valence-corrected chi connectivity index (χ3v) is 7.50. The van der Waals surface area contributed by atoms with Crippen LogP contribution in [0.2, 0.25) is 0 Å². The molecule has 0 spiro atoms. The number of piperidine rings is 1. The van der Waals surface area contributed by atoms with Crippen molar-refractivity contribution in [3.8, 4) is 17.1 Å². The van der Waals surface area contributed by atoms with Crippen molar-refractivity contribution in [2.24, 2.45) is 0 Å². The molecular formula is C29H30F2N6O2. The lowest BCUT2D eigenvalue weighted by atomic mass is 10.1. The second kappa shape index (κ2) is 10.2. The van der Waals surface area contributed by atoms with E-state index in [1.54, 1.807) is 22.9 Å². The van der Waals surface area contributed by atoms with Crippen molar-refractivity contribution in [1.29, 1.82) is 0 Å². The molecule has 2 aliphatic heterocycles. The summed E-state index contributed by atoms with van der Waals surface area (Å²) in [6, 6.07) is 11.4. The molecule has 0 aliphatic carbocycles. The average molecular weight is 533 g/mol. The summed E-state index contributed by atoms with van der Waals surface area (Å²) in [5, 5.41) is 0.